The zero-order chi connectivity index (χ0) is 15.4. The fourth-order valence-electron chi connectivity index (χ4n) is 1.75. The fourth-order valence-corrected chi connectivity index (χ4v) is 2.17. The third-order valence-corrected chi connectivity index (χ3v) is 4.02. The Hall–Kier alpha value is -2.03. The number of benzene rings is 2. The van der Waals surface area contributed by atoms with Crippen LogP contribution < -0.4 is 10.1 Å². The molecule has 106 valence electrons. The van der Waals surface area contributed by atoms with E-state index in [1.54, 1.807) is 36.4 Å². The number of nitrogens with zero attached hydrogens (tertiary/aromatic N) is 1. The number of rotatable bonds is 3. The summed E-state index contributed by atoms with van der Waals surface area (Å²) in [5.41, 5.74) is 1.05. The van der Waals surface area contributed by atoms with Gasteiger partial charge in [0.05, 0.1) is 17.7 Å². The molecule has 2 rings (SSSR count). The summed E-state index contributed by atoms with van der Waals surface area (Å²) in [4.78, 5) is 12.3. The van der Waals surface area contributed by atoms with Gasteiger partial charge >= 0.3 is 0 Å². The van der Waals surface area contributed by atoms with Crippen molar-refractivity contribution in [2.45, 2.75) is 0 Å². The van der Waals surface area contributed by atoms with Gasteiger partial charge in [0.15, 0.2) is 0 Å². The van der Waals surface area contributed by atoms with Gasteiger partial charge in [-0.1, -0.05) is 17.7 Å². The third-order valence-electron chi connectivity index (χ3n) is 2.79. The van der Waals surface area contributed by atoms with Gasteiger partial charge in [0.1, 0.15) is 17.5 Å². The van der Waals surface area contributed by atoms with Gasteiger partial charge in [0.2, 0.25) is 0 Å². The van der Waals surface area contributed by atoms with E-state index >= 15 is 0 Å². The molecule has 4 nitrogen and oxygen atoms in total. The van der Waals surface area contributed by atoms with Crippen molar-refractivity contribution < 1.29 is 9.53 Å². The molecule has 0 aromatic heterocycles. The van der Waals surface area contributed by atoms with E-state index in [2.05, 4.69) is 21.2 Å². The van der Waals surface area contributed by atoms with Gasteiger partial charge in [-0.05, 0) is 46.3 Å². The molecule has 0 radical (unpaired) electrons. The monoisotopic (exact) mass is 364 g/mol. The number of hydrogen-bond donors (Lipinski definition) is 1. The average molecular weight is 366 g/mol. The van der Waals surface area contributed by atoms with Gasteiger partial charge < -0.3 is 10.1 Å². The highest BCUT2D eigenvalue weighted by Gasteiger charge is 2.14. The molecular weight excluding hydrogens is 356 g/mol. The first kappa shape index (κ1) is 15.4. The standard InChI is InChI=1S/C15H10BrClN2O2/c1-21-13-4-2-3-10(8-18)14(13)19-15(20)9-5-6-11(16)12(17)7-9/h2-7H,1H3,(H,19,20). The van der Waals surface area contributed by atoms with Crippen molar-refractivity contribution in [2.24, 2.45) is 0 Å². The van der Waals surface area contributed by atoms with Crippen molar-refractivity contribution >= 4 is 39.1 Å². The lowest BCUT2D eigenvalue weighted by Crippen LogP contribution is -2.13. The van der Waals surface area contributed by atoms with Crippen LogP contribution in [0.3, 0.4) is 0 Å². The number of nitrogens with one attached hydrogen (secondary N) is 1. The van der Waals surface area contributed by atoms with E-state index in [0.29, 0.717) is 32.1 Å². The summed E-state index contributed by atoms with van der Waals surface area (Å²) in [5, 5.41) is 12.2. The number of hydrogen-bond acceptors (Lipinski definition) is 3. The second kappa shape index (κ2) is 6.61. The summed E-state index contributed by atoms with van der Waals surface area (Å²) in [6, 6.07) is 11.8. The minimum absolute atomic E-state index is 0.325. The molecule has 0 saturated heterocycles. The van der Waals surface area contributed by atoms with Crippen LogP contribution in [0, 0.1) is 11.3 Å². The van der Waals surface area contributed by atoms with Crippen molar-refractivity contribution in [3.8, 4) is 11.8 Å². The van der Waals surface area contributed by atoms with Crippen LogP contribution in [0.1, 0.15) is 15.9 Å². The minimum atomic E-state index is -0.370. The largest absolute Gasteiger partial charge is 0.495 e. The molecule has 0 heterocycles. The number of para-hydroxylation sites is 1. The highest BCUT2D eigenvalue weighted by Crippen LogP contribution is 2.29. The number of nitriles is 1. The maximum Gasteiger partial charge on any atom is 0.255 e. The van der Waals surface area contributed by atoms with Crippen LogP contribution in [0.5, 0.6) is 5.75 Å². The topological polar surface area (TPSA) is 62.1 Å². The van der Waals surface area contributed by atoms with Crippen LogP contribution in [0.2, 0.25) is 5.02 Å². The van der Waals surface area contributed by atoms with Gasteiger partial charge in [0.25, 0.3) is 5.91 Å². The summed E-state index contributed by atoms with van der Waals surface area (Å²) in [6.07, 6.45) is 0. The molecular formula is C15H10BrClN2O2. The molecule has 0 fully saturated rings. The van der Waals surface area contributed by atoms with Gasteiger partial charge in [-0.2, -0.15) is 5.26 Å². The quantitative estimate of drug-likeness (QED) is 0.885. The number of halogens is 2. The van der Waals surface area contributed by atoms with E-state index in [-0.39, 0.29) is 5.91 Å². The minimum Gasteiger partial charge on any atom is -0.495 e. The molecule has 0 aliphatic heterocycles. The summed E-state index contributed by atoms with van der Waals surface area (Å²) in [5.74, 6) is 0.0519. The number of methoxy groups -OCH3 is 1. The van der Waals surface area contributed by atoms with Crippen LogP contribution in [-0.4, -0.2) is 13.0 Å². The van der Waals surface area contributed by atoms with E-state index in [1.165, 1.54) is 7.11 Å². The summed E-state index contributed by atoms with van der Waals surface area (Å²) in [7, 11) is 1.47. The van der Waals surface area contributed by atoms with Crippen molar-refractivity contribution in [3.05, 3.63) is 57.0 Å². The predicted octanol–water partition coefficient (Wildman–Crippen LogP) is 4.24. The predicted molar refractivity (Wildman–Crippen MR) is 84.8 cm³/mol. The molecule has 1 amide bonds. The Morgan fingerprint density at radius 3 is 2.76 bits per heavy atom. The van der Waals surface area contributed by atoms with Crippen LogP contribution in [0.25, 0.3) is 0 Å². The highest BCUT2D eigenvalue weighted by atomic mass is 79.9. The smallest absolute Gasteiger partial charge is 0.255 e. The molecule has 1 N–H and O–H groups in total. The van der Waals surface area contributed by atoms with Crippen LogP contribution in [0.4, 0.5) is 5.69 Å². The molecule has 0 aliphatic carbocycles. The zero-order valence-corrected chi connectivity index (χ0v) is 13.3. The third kappa shape index (κ3) is 3.35. The van der Waals surface area contributed by atoms with E-state index < -0.39 is 0 Å². The lowest BCUT2D eigenvalue weighted by molar-refractivity contribution is 0.102. The first-order valence-corrected chi connectivity index (χ1v) is 7.07. The van der Waals surface area contributed by atoms with Crippen molar-refractivity contribution in [1.29, 1.82) is 5.26 Å². The number of carbonyl (C=O) groups excluding carboxylic acids is 1. The molecule has 6 heteroatoms. The Kier molecular flexibility index (Phi) is 4.84. The molecule has 21 heavy (non-hydrogen) atoms. The summed E-state index contributed by atoms with van der Waals surface area (Å²) >= 11 is 9.24. The van der Waals surface area contributed by atoms with Crippen molar-refractivity contribution in [3.63, 3.8) is 0 Å². The SMILES string of the molecule is COc1cccc(C#N)c1NC(=O)c1ccc(Br)c(Cl)c1. The van der Waals surface area contributed by atoms with E-state index in [0.717, 1.165) is 0 Å². The Bertz CT molecular complexity index is 741. The molecule has 0 bridgehead atoms. The van der Waals surface area contributed by atoms with Gasteiger partial charge in [-0.25, -0.2) is 0 Å². The molecule has 0 spiro atoms. The second-order valence-electron chi connectivity index (χ2n) is 4.08. The van der Waals surface area contributed by atoms with Crippen LogP contribution >= 0.6 is 27.5 Å². The maximum atomic E-state index is 12.3. The van der Waals surface area contributed by atoms with E-state index in [4.69, 9.17) is 21.6 Å². The number of amides is 1. The first-order valence-electron chi connectivity index (χ1n) is 5.90. The number of ether oxygens (including phenoxy) is 1. The zero-order valence-electron chi connectivity index (χ0n) is 11.0. The van der Waals surface area contributed by atoms with E-state index in [9.17, 15) is 4.79 Å². The molecule has 0 atom stereocenters. The van der Waals surface area contributed by atoms with Crippen LogP contribution in [0.15, 0.2) is 40.9 Å². The van der Waals surface area contributed by atoms with Crippen molar-refractivity contribution in [1.82, 2.24) is 0 Å². The fraction of sp³-hybridized carbons (Fsp3) is 0.0667. The first-order chi connectivity index (χ1) is 10.1. The lowest BCUT2D eigenvalue weighted by atomic mass is 10.1. The summed E-state index contributed by atoms with van der Waals surface area (Å²) < 4.78 is 5.87. The Balaban J connectivity index is 2.36. The average Bonchev–Trinajstić information content (AvgIpc) is 2.50. The van der Waals surface area contributed by atoms with Gasteiger partial charge in [-0.15, -0.1) is 0 Å². The second-order valence-corrected chi connectivity index (χ2v) is 5.34. The Morgan fingerprint density at radius 1 is 1.38 bits per heavy atom. The number of anilines is 1. The maximum absolute atomic E-state index is 12.3. The summed E-state index contributed by atoms with van der Waals surface area (Å²) in [6.45, 7) is 0. The molecule has 2 aromatic rings. The molecule has 0 aliphatic rings. The van der Waals surface area contributed by atoms with Gasteiger partial charge in [-0.3, -0.25) is 4.79 Å². The van der Waals surface area contributed by atoms with Crippen molar-refractivity contribution in [2.75, 3.05) is 12.4 Å². The van der Waals surface area contributed by atoms with Gasteiger partial charge in [0, 0.05) is 10.0 Å². The van der Waals surface area contributed by atoms with E-state index in [1.807, 2.05) is 6.07 Å². The molecule has 0 saturated carbocycles. The molecule has 2 aromatic carbocycles. The Labute approximate surface area is 135 Å². The normalized spacial score (nSPS) is 9.81. The Morgan fingerprint density at radius 2 is 2.14 bits per heavy atom. The highest BCUT2D eigenvalue weighted by molar-refractivity contribution is 9.10. The molecule has 0 unspecified atom stereocenters. The number of carbonyl (C=O) groups is 1. The lowest BCUT2D eigenvalue weighted by Gasteiger charge is -2.12. The van der Waals surface area contributed by atoms with Crippen LogP contribution in [-0.2, 0) is 0 Å².